The Morgan fingerprint density at radius 2 is 1.94 bits per heavy atom. The van der Waals surface area contributed by atoms with Gasteiger partial charge in [-0.25, -0.2) is 0 Å². The van der Waals surface area contributed by atoms with E-state index in [1.807, 2.05) is 54.8 Å². The summed E-state index contributed by atoms with van der Waals surface area (Å²) >= 11 is 4.81. The molecule has 0 bridgehead atoms. The number of carbonyl (C=O) groups is 2. The van der Waals surface area contributed by atoms with E-state index in [1.165, 1.54) is 11.8 Å². The van der Waals surface area contributed by atoms with Gasteiger partial charge in [-0.05, 0) is 55.7 Å². The Balaban J connectivity index is 1.60. The van der Waals surface area contributed by atoms with Crippen LogP contribution in [-0.4, -0.2) is 32.3 Å². The molecule has 3 rings (SSSR count). The first-order valence-corrected chi connectivity index (χ1v) is 12.5. The van der Waals surface area contributed by atoms with Gasteiger partial charge in [0.1, 0.15) is 0 Å². The van der Waals surface area contributed by atoms with Crippen LogP contribution in [0.4, 0.5) is 5.69 Å². The molecule has 2 N–H and O–H groups in total. The van der Waals surface area contributed by atoms with Crippen molar-refractivity contribution in [2.45, 2.75) is 51.9 Å². The van der Waals surface area contributed by atoms with Gasteiger partial charge in [0.25, 0.3) is 5.91 Å². The number of hydrogen-bond acceptors (Lipinski definition) is 5. The van der Waals surface area contributed by atoms with E-state index in [-0.39, 0.29) is 30.0 Å². The summed E-state index contributed by atoms with van der Waals surface area (Å²) in [4.78, 5) is 25.0. The molecule has 0 atom stereocenters. The SMILES string of the molecule is CCn1c(CNC(=O)c2cccc(C)c2)nnc1SCC(=O)Nc1ccc(Br)cc1C(C)C. The summed E-state index contributed by atoms with van der Waals surface area (Å²) in [6.45, 7) is 9.01. The summed E-state index contributed by atoms with van der Waals surface area (Å²) in [5.74, 6) is 0.877. The second kappa shape index (κ2) is 11.5. The van der Waals surface area contributed by atoms with Crippen molar-refractivity contribution in [1.82, 2.24) is 20.1 Å². The maximum atomic E-state index is 12.6. The molecular formula is C24H28BrN5O2S. The van der Waals surface area contributed by atoms with Crippen LogP contribution in [0.2, 0.25) is 0 Å². The van der Waals surface area contributed by atoms with Crippen molar-refractivity contribution >= 4 is 45.2 Å². The van der Waals surface area contributed by atoms with Crippen molar-refractivity contribution in [1.29, 1.82) is 0 Å². The molecule has 0 unspecified atom stereocenters. The van der Waals surface area contributed by atoms with Crippen LogP contribution in [0.15, 0.2) is 52.1 Å². The van der Waals surface area contributed by atoms with Gasteiger partial charge in [0.05, 0.1) is 12.3 Å². The number of benzene rings is 2. The van der Waals surface area contributed by atoms with Crippen LogP contribution < -0.4 is 10.6 Å². The molecule has 0 saturated carbocycles. The quantitative estimate of drug-likeness (QED) is 0.374. The van der Waals surface area contributed by atoms with Gasteiger partial charge in [-0.3, -0.25) is 9.59 Å². The minimum Gasteiger partial charge on any atom is -0.345 e. The van der Waals surface area contributed by atoms with Gasteiger partial charge in [-0.2, -0.15) is 0 Å². The van der Waals surface area contributed by atoms with E-state index >= 15 is 0 Å². The van der Waals surface area contributed by atoms with Gasteiger partial charge in [-0.15, -0.1) is 10.2 Å². The van der Waals surface area contributed by atoms with Crippen LogP contribution in [0.3, 0.4) is 0 Å². The minimum atomic E-state index is -0.159. The molecule has 174 valence electrons. The van der Waals surface area contributed by atoms with Crippen LogP contribution in [0.25, 0.3) is 0 Å². The average Bonchev–Trinajstić information content (AvgIpc) is 3.18. The number of amides is 2. The Morgan fingerprint density at radius 1 is 1.15 bits per heavy atom. The third-order valence-corrected chi connectivity index (χ3v) is 6.50. The van der Waals surface area contributed by atoms with Crippen molar-refractivity contribution in [3.63, 3.8) is 0 Å². The predicted octanol–water partition coefficient (Wildman–Crippen LogP) is 5.15. The predicted molar refractivity (Wildman–Crippen MR) is 136 cm³/mol. The summed E-state index contributed by atoms with van der Waals surface area (Å²) in [5.41, 5.74) is 3.53. The van der Waals surface area contributed by atoms with Gasteiger partial charge in [-0.1, -0.05) is 59.2 Å². The molecular weight excluding hydrogens is 502 g/mol. The zero-order valence-corrected chi connectivity index (χ0v) is 21.6. The molecule has 0 fully saturated rings. The monoisotopic (exact) mass is 529 g/mol. The summed E-state index contributed by atoms with van der Waals surface area (Å²) in [6.07, 6.45) is 0. The molecule has 0 radical (unpaired) electrons. The number of nitrogens with zero attached hydrogens (tertiary/aromatic N) is 3. The fraction of sp³-hybridized carbons (Fsp3) is 0.333. The van der Waals surface area contributed by atoms with Gasteiger partial charge >= 0.3 is 0 Å². The fourth-order valence-electron chi connectivity index (χ4n) is 3.36. The third-order valence-electron chi connectivity index (χ3n) is 5.04. The Hall–Kier alpha value is -2.65. The fourth-order valence-corrected chi connectivity index (χ4v) is 4.56. The van der Waals surface area contributed by atoms with E-state index in [1.54, 1.807) is 6.07 Å². The van der Waals surface area contributed by atoms with Gasteiger partial charge in [0.15, 0.2) is 11.0 Å². The number of aromatic nitrogens is 3. The Kier molecular flexibility index (Phi) is 8.68. The number of thioether (sulfide) groups is 1. The molecule has 0 spiro atoms. The summed E-state index contributed by atoms with van der Waals surface area (Å²) in [7, 11) is 0. The van der Waals surface area contributed by atoms with Crippen molar-refractivity contribution < 1.29 is 9.59 Å². The lowest BCUT2D eigenvalue weighted by molar-refractivity contribution is -0.113. The van der Waals surface area contributed by atoms with E-state index in [0.29, 0.717) is 23.1 Å². The Labute approximate surface area is 206 Å². The number of carbonyl (C=O) groups excluding carboxylic acids is 2. The first-order chi connectivity index (χ1) is 15.8. The highest BCUT2D eigenvalue weighted by Gasteiger charge is 2.16. The molecule has 0 aliphatic rings. The van der Waals surface area contributed by atoms with Gasteiger partial charge in [0.2, 0.25) is 5.91 Å². The van der Waals surface area contributed by atoms with Crippen LogP contribution in [0.1, 0.15) is 54.0 Å². The van der Waals surface area contributed by atoms with E-state index < -0.39 is 0 Å². The minimum absolute atomic E-state index is 0.107. The molecule has 9 heteroatoms. The summed E-state index contributed by atoms with van der Waals surface area (Å²) < 4.78 is 2.89. The topological polar surface area (TPSA) is 88.9 Å². The highest BCUT2D eigenvalue weighted by atomic mass is 79.9. The summed E-state index contributed by atoms with van der Waals surface area (Å²) in [6, 6.07) is 13.3. The van der Waals surface area contributed by atoms with Crippen molar-refractivity contribution in [3.8, 4) is 0 Å². The lowest BCUT2D eigenvalue weighted by Crippen LogP contribution is -2.25. The van der Waals surface area contributed by atoms with Crippen LogP contribution in [-0.2, 0) is 17.9 Å². The van der Waals surface area contributed by atoms with E-state index in [4.69, 9.17) is 0 Å². The van der Waals surface area contributed by atoms with Crippen LogP contribution in [0, 0.1) is 6.92 Å². The number of rotatable bonds is 9. The molecule has 1 heterocycles. The highest BCUT2D eigenvalue weighted by Crippen LogP contribution is 2.28. The normalized spacial score (nSPS) is 11.0. The number of anilines is 1. The van der Waals surface area contributed by atoms with Gasteiger partial charge in [0, 0.05) is 22.3 Å². The maximum absolute atomic E-state index is 12.6. The first kappa shape index (κ1) is 25.0. The van der Waals surface area contributed by atoms with E-state index in [0.717, 1.165) is 21.3 Å². The molecule has 33 heavy (non-hydrogen) atoms. The standard InChI is InChI=1S/C24H28BrN5O2S/c1-5-30-21(13-26-23(32)17-8-6-7-16(4)11-17)28-29-24(30)33-14-22(31)27-20-10-9-18(25)12-19(20)15(2)3/h6-12,15H,5,13-14H2,1-4H3,(H,26,32)(H,27,31). The molecule has 3 aromatic rings. The molecule has 0 saturated heterocycles. The Bertz CT molecular complexity index is 1150. The number of nitrogens with one attached hydrogen (secondary N) is 2. The first-order valence-electron chi connectivity index (χ1n) is 10.8. The second-order valence-electron chi connectivity index (χ2n) is 7.92. The van der Waals surface area contributed by atoms with Crippen LogP contribution in [0.5, 0.6) is 0 Å². The number of halogens is 1. The lowest BCUT2D eigenvalue weighted by Gasteiger charge is -2.14. The van der Waals surface area contributed by atoms with E-state index in [2.05, 4.69) is 50.6 Å². The van der Waals surface area contributed by atoms with Crippen LogP contribution >= 0.6 is 27.7 Å². The van der Waals surface area contributed by atoms with E-state index in [9.17, 15) is 9.59 Å². The smallest absolute Gasteiger partial charge is 0.251 e. The number of hydrogen-bond donors (Lipinski definition) is 2. The van der Waals surface area contributed by atoms with Crippen molar-refractivity contribution in [2.24, 2.45) is 0 Å². The second-order valence-corrected chi connectivity index (χ2v) is 9.78. The highest BCUT2D eigenvalue weighted by molar-refractivity contribution is 9.10. The summed E-state index contributed by atoms with van der Waals surface area (Å²) in [5, 5.41) is 15.0. The maximum Gasteiger partial charge on any atom is 0.251 e. The largest absolute Gasteiger partial charge is 0.345 e. The number of aryl methyl sites for hydroxylation is 1. The molecule has 1 aromatic heterocycles. The third kappa shape index (κ3) is 6.68. The molecule has 2 aromatic carbocycles. The molecule has 2 amide bonds. The van der Waals surface area contributed by atoms with Gasteiger partial charge < -0.3 is 15.2 Å². The van der Waals surface area contributed by atoms with Crippen molar-refractivity contribution in [3.05, 3.63) is 69.5 Å². The molecule has 0 aliphatic heterocycles. The van der Waals surface area contributed by atoms with Crippen molar-refractivity contribution in [2.75, 3.05) is 11.1 Å². The average molecular weight is 530 g/mol. The Morgan fingerprint density at radius 3 is 2.64 bits per heavy atom. The lowest BCUT2D eigenvalue weighted by atomic mass is 10.0. The zero-order chi connectivity index (χ0) is 24.0. The molecule has 7 nitrogen and oxygen atoms in total. The molecule has 0 aliphatic carbocycles. The zero-order valence-electron chi connectivity index (χ0n) is 19.2.